The van der Waals surface area contributed by atoms with Crippen LogP contribution in [0.5, 0.6) is 0 Å². The summed E-state index contributed by atoms with van der Waals surface area (Å²) in [6.07, 6.45) is 1.45. The topological polar surface area (TPSA) is 105 Å². The minimum absolute atomic E-state index is 0.0547. The molecule has 0 radical (unpaired) electrons. The van der Waals surface area contributed by atoms with Gasteiger partial charge in [-0.25, -0.2) is 0 Å². The normalized spacial score (nSPS) is 13.7. The van der Waals surface area contributed by atoms with E-state index in [0.29, 0.717) is 36.1 Å². The molecule has 3 heterocycles. The number of amides is 2. The molecule has 1 N–H and O–H groups in total. The molecule has 2 aromatic heterocycles. The van der Waals surface area contributed by atoms with E-state index in [9.17, 15) is 9.59 Å². The average molecular weight is 472 g/mol. The van der Waals surface area contributed by atoms with Crippen molar-refractivity contribution in [2.24, 2.45) is 0 Å². The Kier molecular flexibility index (Phi) is 6.05. The summed E-state index contributed by atoms with van der Waals surface area (Å²) in [6, 6.07) is 16.6. The second-order valence-electron chi connectivity index (χ2n) is 8.42. The van der Waals surface area contributed by atoms with Crippen molar-refractivity contribution in [1.82, 2.24) is 15.0 Å². The zero-order chi connectivity index (χ0) is 24.4. The number of anilines is 2. The molecule has 4 aromatic rings. The van der Waals surface area contributed by atoms with Gasteiger partial charge < -0.3 is 24.1 Å². The van der Waals surface area contributed by atoms with Gasteiger partial charge in [-0.05, 0) is 61.0 Å². The summed E-state index contributed by atoms with van der Waals surface area (Å²) in [4.78, 5) is 33.9. The summed E-state index contributed by atoms with van der Waals surface area (Å²) < 4.78 is 10.2. The molecule has 0 unspecified atom stereocenters. The number of piperazine rings is 1. The van der Waals surface area contributed by atoms with Crippen molar-refractivity contribution in [1.29, 1.82) is 0 Å². The van der Waals surface area contributed by atoms with Crippen molar-refractivity contribution in [2.45, 2.75) is 13.8 Å². The van der Waals surface area contributed by atoms with Crippen LogP contribution < -0.4 is 10.2 Å². The fourth-order valence-corrected chi connectivity index (χ4v) is 4.07. The van der Waals surface area contributed by atoms with Crippen LogP contribution in [0.3, 0.4) is 0 Å². The second-order valence-corrected chi connectivity index (χ2v) is 8.42. The maximum atomic E-state index is 13.2. The van der Waals surface area contributed by atoms with E-state index >= 15 is 0 Å². The van der Waals surface area contributed by atoms with Gasteiger partial charge in [-0.2, -0.15) is 4.98 Å². The van der Waals surface area contributed by atoms with Gasteiger partial charge in [0.05, 0.1) is 6.26 Å². The van der Waals surface area contributed by atoms with Gasteiger partial charge in [0.1, 0.15) is 0 Å². The average Bonchev–Trinajstić information content (AvgIpc) is 3.58. The summed E-state index contributed by atoms with van der Waals surface area (Å²) in [6.45, 7) is 6.30. The van der Waals surface area contributed by atoms with Gasteiger partial charge in [0, 0.05) is 55.6 Å². The van der Waals surface area contributed by atoms with Crippen LogP contribution in [-0.4, -0.2) is 53.0 Å². The highest BCUT2D eigenvalue weighted by molar-refractivity contribution is 6.04. The van der Waals surface area contributed by atoms with E-state index < -0.39 is 0 Å². The van der Waals surface area contributed by atoms with Crippen molar-refractivity contribution >= 4 is 23.2 Å². The molecule has 9 heteroatoms. The molecule has 2 aromatic carbocycles. The van der Waals surface area contributed by atoms with Crippen LogP contribution in [0.25, 0.3) is 11.4 Å². The van der Waals surface area contributed by atoms with E-state index in [1.807, 2.05) is 42.2 Å². The quantitative estimate of drug-likeness (QED) is 0.466. The predicted octanol–water partition coefficient (Wildman–Crippen LogP) is 4.16. The Balaban J connectivity index is 1.22. The van der Waals surface area contributed by atoms with E-state index in [-0.39, 0.29) is 17.6 Å². The molecule has 0 spiro atoms. The zero-order valence-electron chi connectivity index (χ0n) is 19.5. The number of aromatic nitrogens is 2. The fraction of sp³-hybridized carbons (Fsp3) is 0.231. The molecule has 0 bridgehead atoms. The first-order valence-corrected chi connectivity index (χ1v) is 11.4. The van der Waals surface area contributed by atoms with E-state index in [0.717, 1.165) is 29.9 Å². The lowest BCUT2D eigenvalue weighted by atomic mass is 10.1. The number of nitrogens with zero attached hydrogens (tertiary/aromatic N) is 4. The van der Waals surface area contributed by atoms with Crippen LogP contribution in [0.15, 0.2) is 69.8 Å². The summed E-state index contributed by atoms with van der Waals surface area (Å²) in [5, 5.41) is 6.79. The SMILES string of the molecule is Cc1nc(-c2ccc(N3CCN(C(=O)c4ccc(C)c(NC(=O)c5ccco5)c4)CC3)cc2)no1. The number of hydrogen-bond donors (Lipinski definition) is 1. The Morgan fingerprint density at radius 2 is 1.74 bits per heavy atom. The lowest BCUT2D eigenvalue weighted by molar-refractivity contribution is 0.0746. The molecule has 35 heavy (non-hydrogen) atoms. The Labute approximate surface area is 202 Å². The number of aryl methyl sites for hydroxylation is 2. The number of rotatable bonds is 5. The number of benzene rings is 2. The third kappa shape index (κ3) is 4.79. The molecule has 5 rings (SSSR count). The Morgan fingerprint density at radius 3 is 2.40 bits per heavy atom. The van der Waals surface area contributed by atoms with Crippen molar-refractivity contribution in [3.8, 4) is 11.4 Å². The lowest BCUT2D eigenvalue weighted by Gasteiger charge is -2.36. The summed E-state index contributed by atoms with van der Waals surface area (Å²) in [5.74, 6) is 0.920. The number of furan rings is 1. The molecule has 1 aliphatic heterocycles. The largest absolute Gasteiger partial charge is 0.459 e. The first-order chi connectivity index (χ1) is 17.0. The first kappa shape index (κ1) is 22.4. The number of hydrogen-bond acceptors (Lipinski definition) is 7. The van der Waals surface area contributed by atoms with Crippen LogP contribution in [0, 0.1) is 13.8 Å². The van der Waals surface area contributed by atoms with Gasteiger partial charge in [0.2, 0.25) is 11.7 Å². The minimum atomic E-state index is -0.350. The smallest absolute Gasteiger partial charge is 0.291 e. The van der Waals surface area contributed by atoms with Gasteiger partial charge >= 0.3 is 0 Å². The lowest BCUT2D eigenvalue weighted by Crippen LogP contribution is -2.48. The Morgan fingerprint density at radius 1 is 0.971 bits per heavy atom. The molecular weight excluding hydrogens is 446 g/mol. The standard InChI is InChI=1S/C26H25N5O4/c1-17-5-6-20(16-22(17)28-25(32)23-4-3-15-34-23)26(33)31-13-11-30(12-14-31)21-9-7-19(8-10-21)24-27-18(2)35-29-24/h3-10,15-16H,11-14H2,1-2H3,(H,28,32). The molecule has 2 amide bonds. The first-order valence-electron chi connectivity index (χ1n) is 11.4. The van der Waals surface area contributed by atoms with Gasteiger partial charge in [-0.1, -0.05) is 11.2 Å². The third-order valence-corrected chi connectivity index (χ3v) is 6.06. The van der Waals surface area contributed by atoms with Crippen LogP contribution in [0.4, 0.5) is 11.4 Å². The molecule has 1 aliphatic rings. The number of nitrogens with one attached hydrogen (secondary N) is 1. The molecule has 9 nitrogen and oxygen atoms in total. The number of carbonyl (C=O) groups is 2. The summed E-state index contributed by atoms with van der Waals surface area (Å²) in [5.41, 5.74) is 3.98. The predicted molar refractivity (Wildman–Crippen MR) is 130 cm³/mol. The van der Waals surface area contributed by atoms with Crippen molar-refractivity contribution in [3.63, 3.8) is 0 Å². The second kappa shape index (κ2) is 9.46. The van der Waals surface area contributed by atoms with Crippen LogP contribution >= 0.6 is 0 Å². The molecule has 0 aliphatic carbocycles. The Hall–Kier alpha value is -4.40. The van der Waals surface area contributed by atoms with E-state index in [2.05, 4.69) is 20.4 Å². The summed E-state index contributed by atoms with van der Waals surface area (Å²) >= 11 is 0. The fourth-order valence-electron chi connectivity index (χ4n) is 4.07. The van der Waals surface area contributed by atoms with Gasteiger partial charge in [-0.3, -0.25) is 9.59 Å². The molecule has 1 fully saturated rings. The Bertz CT molecular complexity index is 1340. The van der Waals surface area contributed by atoms with Crippen LogP contribution in [0.2, 0.25) is 0 Å². The van der Waals surface area contributed by atoms with Gasteiger partial charge in [0.25, 0.3) is 11.8 Å². The minimum Gasteiger partial charge on any atom is -0.459 e. The monoisotopic (exact) mass is 471 g/mol. The van der Waals surface area contributed by atoms with Crippen molar-refractivity contribution in [3.05, 3.63) is 83.6 Å². The maximum Gasteiger partial charge on any atom is 0.291 e. The van der Waals surface area contributed by atoms with Crippen molar-refractivity contribution in [2.75, 3.05) is 36.4 Å². The van der Waals surface area contributed by atoms with Crippen LogP contribution in [0.1, 0.15) is 32.4 Å². The maximum absolute atomic E-state index is 13.2. The van der Waals surface area contributed by atoms with Gasteiger partial charge in [0.15, 0.2) is 5.76 Å². The highest BCUT2D eigenvalue weighted by atomic mass is 16.5. The molecule has 178 valence electrons. The van der Waals surface area contributed by atoms with E-state index in [1.54, 1.807) is 31.2 Å². The molecule has 0 atom stereocenters. The molecular formula is C26H25N5O4. The number of carbonyl (C=O) groups excluding carboxylic acids is 2. The highest BCUT2D eigenvalue weighted by Crippen LogP contribution is 2.24. The zero-order valence-corrected chi connectivity index (χ0v) is 19.5. The molecule has 0 saturated carbocycles. The highest BCUT2D eigenvalue weighted by Gasteiger charge is 2.23. The van der Waals surface area contributed by atoms with E-state index in [1.165, 1.54) is 6.26 Å². The van der Waals surface area contributed by atoms with E-state index in [4.69, 9.17) is 8.94 Å². The summed E-state index contributed by atoms with van der Waals surface area (Å²) in [7, 11) is 0. The third-order valence-electron chi connectivity index (χ3n) is 6.06. The van der Waals surface area contributed by atoms with Gasteiger partial charge in [-0.15, -0.1) is 0 Å². The van der Waals surface area contributed by atoms with Crippen LogP contribution in [-0.2, 0) is 0 Å². The molecule has 1 saturated heterocycles. The van der Waals surface area contributed by atoms with Crippen molar-refractivity contribution < 1.29 is 18.5 Å².